The first kappa shape index (κ1) is 14.0. The van der Waals surface area contributed by atoms with Gasteiger partial charge in [0.2, 0.25) is 5.91 Å². The van der Waals surface area contributed by atoms with Gasteiger partial charge in [0, 0.05) is 18.4 Å². The largest absolute Gasteiger partial charge is 0.356 e. The van der Waals surface area contributed by atoms with Gasteiger partial charge in [-0.1, -0.05) is 6.07 Å². The lowest BCUT2D eigenvalue weighted by Gasteiger charge is -2.23. The van der Waals surface area contributed by atoms with Gasteiger partial charge in [0.05, 0.1) is 11.7 Å². The van der Waals surface area contributed by atoms with Crippen molar-refractivity contribution in [2.24, 2.45) is 5.84 Å². The number of aryl methyl sites for hydroxylation is 1. The highest BCUT2D eigenvalue weighted by atomic mass is 16.5. The average molecular weight is 288 g/mol. The van der Waals surface area contributed by atoms with E-state index in [1.165, 1.54) is 6.42 Å². The normalized spacial score (nSPS) is 18.8. The Morgan fingerprint density at radius 3 is 3.14 bits per heavy atom. The minimum absolute atomic E-state index is 0.0464. The number of carbonyl (C=O) groups is 1. The number of nitrogens with two attached hydrogens (primary N) is 1. The lowest BCUT2D eigenvalue weighted by Crippen LogP contribution is -2.30. The molecule has 0 saturated carbocycles. The molecule has 6 nitrogen and oxygen atoms in total. The van der Waals surface area contributed by atoms with Gasteiger partial charge >= 0.3 is 0 Å². The molecule has 6 heteroatoms. The van der Waals surface area contributed by atoms with Crippen LogP contribution in [0.15, 0.2) is 24.4 Å². The van der Waals surface area contributed by atoms with Crippen LogP contribution in [0.5, 0.6) is 0 Å². The molecule has 112 valence electrons. The molecule has 3 N–H and O–H groups in total. The predicted octanol–water partition coefficient (Wildman–Crippen LogP) is 1.66. The molecule has 1 aromatic carbocycles. The molecule has 1 saturated heterocycles. The molecule has 1 atom stereocenters. The number of rotatable bonds is 4. The van der Waals surface area contributed by atoms with E-state index in [0.717, 1.165) is 35.9 Å². The number of hydrogen-bond acceptors (Lipinski definition) is 4. The van der Waals surface area contributed by atoms with Crippen molar-refractivity contribution in [1.29, 1.82) is 0 Å². The molecule has 1 aromatic heterocycles. The Hall–Kier alpha value is -1.92. The zero-order chi connectivity index (χ0) is 14.7. The number of hydrazine groups is 1. The third-order valence-electron chi connectivity index (χ3n) is 3.89. The maximum Gasteiger partial charge on any atom is 0.234 e. The molecule has 2 aromatic rings. The maximum absolute atomic E-state index is 11.2. The molecule has 0 spiro atoms. The van der Waals surface area contributed by atoms with Crippen LogP contribution < -0.4 is 11.3 Å². The van der Waals surface area contributed by atoms with Crippen LogP contribution >= 0.6 is 0 Å². The predicted molar refractivity (Wildman–Crippen MR) is 79.2 cm³/mol. The van der Waals surface area contributed by atoms with E-state index in [0.29, 0.717) is 12.8 Å². The van der Waals surface area contributed by atoms with Crippen LogP contribution in [0.4, 0.5) is 0 Å². The molecule has 0 aliphatic carbocycles. The van der Waals surface area contributed by atoms with Crippen molar-refractivity contribution in [2.45, 2.75) is 38.3 Å². The monoisotopic (exact) mass is 288 g/mol. The van der Waals surface area contributed by atoms with Crippen molar-refractivity contribution < 1.29 is 9.53 Å². The summed E-state index contributed by atoms with van der Waals surface area (Å²) in [5.74, 6) is 4.93. The van der Waals surface area contributed by atoms with E-state index in [2.05, 4.69) is 22.7 Å². The number of nitrogens with one attached hydrogen (secondary N) is 1. The van der Waals surface area contributed by atoms with Crippen LogP contribution in [0.1, 0.15) is 37.5 Å². The Morgan fingerprint density at radius 2 is 2.38 bits per heavy atom. The van der Waals surface area contributed by atoms with Crippen LogP contribution in [0.25, 0.3) is 10.9 Å². The number of aromatic nitrogens is 2. The van der Waals surface area contributed by atoms with E-state index in [9.17, 15) is 4.79 Å². The van der Waals surface area contributed by atoms with E-state index >= 15 is 0 Å². The summed E-state index contributed by atoms with van der Waals surface area (Å²) in [5, 5.41) is 5.54. The molecule has 2 heterocycles. The SMILES string of the molecule is NNC(=O)CCc1ccc2c(cnn2C2CCCCO2)c1. The Kier molecular flexibility index (Phi) is 4.17. The molecule has 1 aliphatic heterocycles. The molecular formula is C15H20N4O2. The van der Waals surface area contributed by atoms with E-state index in [4.69, 9.17) is 10.6 Å². The minimum atomic E-state index is -0.151. The first-order chi connectivity index (χ1) is 10.3. The summed E-state index contributed by atoms with van der Waals surface area (Å²) < 4.78 is 7.75. The van der Waals surface area contributed by atoms with Gasteiger partial charge in [0.25, 0.3) is 0 Å². The number of hydrogen-bond donors (Lipinski definition) is 2. The minimum Gasteiger partial charge on any atom is -0.356 e. The maximum atomic E-state index is 11.2. The molecule has 21 heavy (non-hydrogen) atoms. The summed E-state index contributed by atoms with van der Waals surface area (Å²) in [7, 11) is 0. The number of nitrogens with zero attached hydrogens (tertiary/aromatic N) is 2. The van der Waals surface area contributed by atoms with Gasteiger partial charge in [-0.2, -0.15) is 5.10 Å². The second-order valence-corrected chi connectivity index (χ2v) is 5.37. The smallest absolute Gasteiger partial charge is 0.234 e. The van der Waals surface area contributed by atoms with Gasteiger partial charge < -0.3 is 4.74 Å². The van der Waals surface area contributed by atoms with Crippen molar-refractivity contribution >= 4 is 16.8 Å². The van der Waals surface area contributed by atoms with Crippen molar-refractivity contribution in [3.8, 4) is 0 Å². The second kappa shape index (κ2) is 6.24. The Bertz CT molecular complexity index is 632. The fourth-order valence-electron chi connectivity index (χ4n) is 2.73. The van der Waals surface area contributed by atoms with Crippen LogP contribution in [0, 0.1) is 0 Å². The van der Waals surface area contributed by atoms with Crippen LogP contribution in [0.2, 0.25) is 0 Å². The zero-order valence-corrected chi connectivity index (χ0v) is 11.9. The van der Waals surface area contributed by atoms with E-state index in [-0.39, 0.29) is 12.1 Å². The summed E-state index contributed by atoms with van der Waals surface area (Å²) in [6.07, 6.45) is 6.28. The lowest BCUT2D eigenvalue weighted by molar-refractivity contribution is -0.121. The summed E-state index contributed by atoms with van der Waals surface area (Å²) >= 11 is 0. The fraction of sp³-hybridized carbons (Fsp3) is 0.467. The van der Waals surface area contributed by atoms with Crippen molar-refractivity contribution in [1.82, 2.24) is 15.2 Å². The second-order valence-electron chi connectivity index (χ2n) is 5.37. The van der Waals surface area contributed by atoms with Gasteiger partial charge in [-0.05, 0) is 43.4 Å². The number of fused-ring (bicyclic) bond motifs is 1. The molecule has 1 unspecified atom stereocenters. The highest BCUT2D eigenvalue weighted by Crippen LogP contribution is 2.26. The van der Waals surface area contributed by atoms with Crippen LogP contribution in [-0.4, -0.2) is 22.3 Å². The van der Waals surface area contributed by atoms with Crippen molar-refractivity contribution in [2.75, 3.05) is 6.61 Å². The number of ether oxygens (including phenoxy) is 1. The average Bonchev–Trinajstić information content (AvgIpc) is 2.96. The van der Waals surface area contributed by atoms with Crippen molar-refractivity contribution in [3.63, 3.8) is 0 Å². The first-order valence-corrected chi connectivity index (χ1v) is 7.35. The summed E-state index contributed by atoms with van der Waals surface area (Å²) in [5.41, 5.74) is 4.33. The van der Waals surface area contributed by atoms with E-state index < -0.39 is 0 Å². The number of amides is 1. The van der Waals surface area contributed by atoms with Gasteiger partial charge in [0.1, 0.15) is 0 Å². The topological polar surface area (TPSA) is 82.2 Å². The van der Waals surface area contributed by atoms with E-state index in [1.54, 1.807) is 0 Å². The molecule has 1 fully saturated rings. The van der Waals surface area contributed by atoms with Crippen molar-refractivity contribution in [3.05, 3.63) is 30.0 Å². The summed E-state index contributed by atoms with van der Waals surface area (Å²) in [4.78, 5) is 11.2. The van der Waals surface area contributed by atoms with Gasteiger partial charge in [-0.15, -0.1) is 0 Å². The van der Waals surface area contributed by atoms with Gasteiger partial charge in [0.15, 0.2) is 6.23 Å². The van der Waals surface area contributed by atoms with Gasteiger partial charge in [-0.3, -0.25) is 10.2 Å². The molecule has 1 aliphatic rings. The molecule has 3 rings (SSSR count). The van der Waals surface area contributed by atoms with E-state index in [1.807, 2.05) is 16.9 Å². The fourth-order valence-corrected chi connectivity index (χ4v) is 2.73. The van der Waals surface area contributed by atoms with Crippen LogP contribution in [-0.2, 0) is 16.0 Å². The quantitative estimate of drug-likeness (QED) is 0.509. The molecular weight excluding hydrogens is 268 g/mol. The third kappa shape index (κ3) is 3.06. The molecule has 1 amide bonds. The summed E-state index contributed by atoms with van der Waals surface area (Å²) in [6, 6.07) is 6.16. The zero-order valence-electron chi connectivity index (χ0n) is 11.9. The highest BCUT2D eigenvalue weighted by Gasteiger charge is 2.18. The molecule has 0 radical (unpaired) electrons. The first-order valence-electron chi connectivity index (χ1n) is 7.35. The molecule has 0 bridgehead atoms. The third-order valence-corrected chi connectivity index (χ3v) is 3.89. The highest BCUT2D eigenvalue weighted by molar-refractivity contribution is 5.80. The Balaban J connectivity index is 1.78. The number of benzene rings is 1. The summed E-state index contributed by atoms with van der Waals surface area (Å²) in [6.45, 7) is 0.804. The standard InChI is InChI=1S/C15H20N4O2/c16-18-14(20)7-5-11-4-6-13-12(9-11)10-17-19(13)15-3-1-2-8-21-15/h4,6,9-10,15H,1-3,5,7-8,16H2,(H,18,20). The van der Waals surface area contributed by atoms with Crippen LogP contribution in [0.3, 0.4) is 0 Å². The Labute approximate surface area is 123 Å². The lowest BCUT2D eigenvalue weighted by atomic mass is 10.1. The van der Waals surface area contributed by atoms with Gasteiger partial charge in [-0.25, -0.2) is 10.5 Å². The Morgan fingerprint density at radius 1 is 1.48 bits per heavy atom. The number of carbonyl (C=O) groups excluding carboxylic acids is 1.